The summed E-state index contributed by atoms with van der Waals surface area (Å²) in [6, 6.07) is 68.4. The molecule has 0 radical (unpaired) electrons. The molecule has 0 atom stereocenters. The highest BCUT2D eigenvalue weighted by atomic mass is 16.3. The summed E-state index contributed by atoms with van der Waals surface area (Å²) in [5.41, 5.74) is 15.2. The monoisotopic (exact) mass is 703 g/mol. The Labute approximate surface area is 320 Å². The molecule has 0 spiro atoms. The Balaban J connectivity index is 1.08. The third kappa shape index (κ3) is 4.88. The van der Waals surface area contributed by atoms with Gasteiger partial charge in [-0.15, -0.1) is 0 Å². The van der Waals surface area contributed by atoms with Crippen LogP contribution in [0.5, 0.6) is 0 Å². The fraction of sp³-hybridized carbons (Fsp3) is 0.0566. The van der Waals surface area contributed by atoms with Crippen LogP contribution in [0.15, 0.2) is 192 Å². The fourth-order valence-corrected chi connectivity index (χ4v) is 9.14. The maximum atomic E-state index is 6.72. The quantitative estimate of drug-likeness (QED) is 0.177. The maximum Gasteiger partial charge on any atom is 0.143 e. The van der Waals surface area contributed by atoms with Crippen molar-refractivity contribution in [3.05, 3.63) is 199 Å². The lowest BCUT2D eigenvalue weighted by atomic mass is 9.82. The van der Waals surface area contributed by atoms with E-state index in [-0.39, 0.29) is 5.41 Å². The van der Waals surface area contributed by atoms with Crippen LogP contribution in [0.4, 0.5) is 17.1 Å². The standard InChI is InChI=1S/C53H37NO/c1-53(2)48-21-9-8-18-44(48)45-30-27-39(32-49(45)53)54(40-28-31-46-47-29-24-35-14-6-7-17-43(35)52(47)55-50(46)33-40)38-25-22-36(23-26-38)42-20-11-16-37-15-10-19-41(51(37)42)34-12-4-3-5-13-34/h3-33H,1-2H3. The number of hydrogen-bond acceptors (Lipinski definition) is 2. The minimum absolute atomic E-state index is 0.119. The lowest BCUT2D eigenvalue weighted by Gasteiger charge is -2.28. The first kappa shape index (κ1) is 31.6. The van der Waals surface area contributed by atoms with Crippen molar-refractivity contribution in [2.24, 2.45) is 0 Å². The molecule has 10 aromatic rings. The van der Waals surface area contributed by atoms with Crippen LogP contribution in [0.3, 0.4) is 0 Å². The summed E-state index contributed by atoms with van der Waals surface area (Å²) in [7, 11) is 0. The molecule has 11 rings (SSSR count). The number of nitrogens with zero attached hydrogens (tertiary/aromatic N) is 1. The number of benzene rings is 9. The van der Waals surface area contributed by atoms with E-state index in [0.29, 0.717) is 0 Å². The molecule has 0 N–H and O–H groups in total. The molecule has 55 heavy (non-hydrogen) atoms. The predicted molar refractivity (Wildman–Crippen MR) is 232 cm³/mol. The first-order valence-corrected chi connectivity index (χ1v) is 19.1. The Bertz CT molecular complexity index is 3110. The molecule has 2 heteroatoms. The molecule has 9 aromatic carbocycles. The van der Waals surface area contributed by atoms with E-state index in [1.165, 1.54) is 60.7 Å². The summed E-state index contributed by atoms with van der Waals surface area (Å²) in [5.74, 6) is 0. The van der Waals surface area contributed by atoms with Gasteiger partial charge in [-0.05, 0) is 103 Å². The summed E-state index contributed by atoms with van der Waals surface area (Å²) in [5, 5.41) is 7.07. The number of anilines is 3. The van der Waals surface area contributed by atoms with E-state index in [4.69, 9.17) is 4.42 Å². The lowest BCUT2D eigenvalue weighted by Crippen LogP contribution is -2.16. The highest BCUT2D eigenvalue weighted by Crippen LogP contribution is 2.51. The molecule has 260 valence electrons. The maximum absolute atomic E-state index is 6.72. The number of rotatable bonds is 5. The molecular weight excluding hydrogens is 667 g/mol. The Morgan fingerprint density at radius 1 is 0.400 bits per heavy atom. The van der Waals surface area contributed by atoms with Gasteiger partial charge in [0.1, 0.15) is 11.2 Å². The molecule has 1 aliphatic rings. The Hall–Kier alpha value is -6.90. The SMILES string of the molecule is CC1(C)c2ccccc2-c2ccc(N(c3ccc(-c4cccc5cccc(-c6ccccc6)c45)cc3)c3ccc4c(c3)oc3c5ccccc5ccc43)cc21. The van der Waals surface area contributed by atoms with E-state index in [2.05, 4.69) is 207 Å². The smallest absolute Gasteiger partial charge is 0.143 e. The second kappa shape index (κ2) is 12.1. The van der Waals surface area contributed by atoms with Crippen LogP contribution < -0.4 is 4.90 Å². The van der Waals surface area contributed by atoms with Crippen molar-refractivity contribution in [2.45, 2.75) is 19.3 Å². The van der Waals surface area contributed by atoms with Gasteiger partial charge >= 0.3 is 0 Å². The zero-order valence-electron chi connectivity index (χ0n) is 30.8. The molecule has 1 heterocycles. The van der Waals surface area contributed by atoms with Gasteiger partial charge in [-0.3, -0.25) is 0 Å². The molecule has 1 aliphatic carbocycles. The van der Waals surface area contributed by atoms with Crippen molar-refractivity contribution in [3.63, 3.8) is 0 Å². The first-order chi connectivity index (χ1) is 27.0. The summed E-state index contributed by atoms with van der Waals surface area (Å²) < 4.78 is 6.72. The van der Waals surface area contributed by atoms with Gasteiger partial charge in [-0.25, -0.2) is 0 Å². The number of hydrogen-bond donors (Lipinski definition) is 0. The molecule has 0 unspecified atom stereocenters. The zero-order chi connectivity index (χ0) is 36.7. The number of furan rings is 1. The van der Waals surface area contributed by atoms with Gasteiger partial charge in [0.2, 0.25) is 0 Å². The Morgan fingerprint density at radius 3 is 1.82 bits per heavy atom. The van der Waals surface area contributed by atoms with Crippen molar-refractivity contribution in [3.8, 4) is 33.4 Å². The van der Waals surface area contributed by atoms with Gasteiger partial charge in [0.25, 0.3) is 0 Å². The average molecular weight is 704 g/mol. The largest absolute Gasteiger partial charge is 0.455 e. The highest BCUT2D eigenvalue weighted by molar-refractivity contribution is 6.15. The lowest BCUT2D eigenvalue weighted by molar-refractivity contribution is 0.660. The van der Waals surface area contributed by atoms with E-state index in [0.717, 1.165) is 44.4 Å². The molecule has 0 bridgehead atoms. The summed E-state index contributed by atoms with van der Waals surface area (Å²) in [4.78, 5) is 2.38. The molecular formula is C53H37NO. The molecule has 2 nitrogen and oxygen atoms in total. The van der Waals surface area contributed by atoms with Crippen LogP contribution >= 0.6 is 0 Å². The van der Waals surface area contributed by atoms with Crippen molar-refractivity contribution in [1.82, 2.24) is 0 Å². The first-order valence-electron chi connectivity index (χ1n) is 19.1. The third-order valence-corrected chi connectivity index (χ3v) is 11.9. The van der Waals surface area contributed by atoms with Crippen LogP contribution in [-0.2, 0) is 5.41 Å². The third-order valence-electron chi connectivity index (χ3n) is 11.9. The summed E-state index contributed by atoms with van der Waals surface area (Å²) >= 11 is 0. The minimum atomic E-state index is -0.119. The molecule has 0 fully saturated rings. The van der Waals surface area contributed by atoms with Crippen LogP contribution in [0, 0.1) is 0 Å². The number of fused-ring (bicyclic) bond motifs is 9. The van der Waals surface area contributed by atoms with Crippen molar-refractivity contribution in [1.29, 1.82) is 0 Å². The van der Waals surface area contributed by atoms with Crippen LogP contribution in [0.1, 0.15) is 25.0 Å². The molecule has 1 aromatic heterocycles. The second-order valence-corrected chi connectivity index (χ2v) is 15.3. The summed E-state index contributed by atoms with van der Waals surface area (Å²) in [6.07, 6.45) is 0. The van der Waals surface area contributed by atoms with E-state index >= 15 is 0 Å². The van der Waals surface area contributed by atoms with Crippen LogP contribution in [-0.4, -0.2) is 0 Å². The highest BCUT2D eigenvalue weighted by Gasteiger charge is 2.35. The van der Waals surface area contributed by atoms with Crippen molar-refractivity contribution in [2.75, 3.05) is 4.90 Å². The summed E-state index contributed by atoms with van der Waals surface area (Å²) in [6.45, 7) is 4.69. The molecule has 0 saturated carbocycles. The van der Waals surface area contributed by atoms with Crippen molar-refractivity contribution < 1.29 is 4.42 Å². The predicted octanol–water partition coefficient (Wildman–Crippen LogP) is 15.0. The molecule has 0 aliphatic heterocycles. The van der Waals surface area contributed by atoms with Gasteiger partial charge in [-0.2, -0.15) is 0 Å². The van der Waals surface area contributed by atoms with Gasteiger partial charge < -0.3 is 9.32 Å². The van der Waals surface area contributed by atoms with E-state index < -0.39 is 0 Å². The van der Waals surface area contributed by atoms with Crippen LogP contribution in [0.2, 0.25) is 0 Å². The van der Waals surface area contributed by atoms with E-state index in [9.17, 15) is 0 Å². The minimum Gasteiger partial charge on any atom is -0.455 e. The average Bonchev–Trinajstić information content (AvgIpc) is 3.73. The fourth-order valence-electron chi connectivity index (χ4n) is 9.14. The normalized spacial score (nSPS) is 13.1. The van der Waals surface area contributed by atoms with E-state index in [1.807, 2.05) is 0 Å². The molecule has 0 saturated heterocycles. The molecule has 0 amide bonds. The Kier molecular flexibility index (Phi) is 6.93. The topological polar surface area (TPSA) is 16.4 Å². The van der Waals surface area contributed by atoms with Gasteiger partial charge in [0.05, 0.1) is 0 Å². The van der Waals surface area contributed by atoms with E-state index in [1.54, 1.807) is 0 Å². The van der Waals surface area contributed by atoms with Gasteiger partial charge in [0.15, 0.2) is 0 Å². The van der Waals surface area contributed by atoms with Crippen LogP contribution in [0.25, 0.3) is 76.9 Å². The zero-order valence-corrected chi connectivity index (χ0v) is 30.8. The van der Waals surface area contributed by atoms with Gasteiger partial charge in [0, 0.05) is 44.7 Å². The second-order valence-electron chi connectivity index (χ2n) is 15.3. The van der Waals surface area contributed by atoms with Crippen molar-refractivity contribution >= 4 is 60.5 Å². The Morgan fingerprint density at radius 2 is 1.00 bits per heavy atom. The van der Waals surface area contributed by atoms with Gasteiger partial charge in [-0.1, -0.05) is 153 Å².